The van der Waals surface area contributed by atoms with E-state index in [1.165, 1.54) is 28.9 Å². The Hall–Kier alpha value is -3.55. The van der Waals surface area contributed by atoms with Crippen LogP contribution in [0.15, 0.2) is 54.6 Å². The molecule has 8 nitrogen and oxygen atoms in total. The zero-order valence-electron chi connectivity index (χ0n) is 11.8. The molecule has 0 aliphatic carbocycles. The lowest BCUT2D eigenvalue weighted by Gasteiger charge is -2.07. The van der Waals surface area contributed by atoms with Gasteiger partial charge < -0.3 is 5.73 Å². The molecule has 1 amide bonds. The van der Waals surface area contributed by atoms with Gasteiger partial charge in [-0.25, -0.2) is 4.68 Å². The summed E-state index contributed by atoms with van der Waals surface area (Å²) in [6.45, 7) is 0. The van der Waals surface area contributed by atoms with Gasteiger partial charge in [0, 0.05) is 17.7 Å². The molecule has 0 saturated heterocycles. The molecule has 0 atom stereocenters. The molecule has 114 valence electrons. The molecule has 3 aromatic rings. The third-order valence-electron chi connectivity index (χ3n) is 3.26. The van der Waals surface area contributed by atoms with Crippen molar-refractivity contribution in [3.05, 3.63) is 70.4 Å². The van der Waals surface area contributed by atoms with Gasteiger partial charge in [-0.3, -0.25) is 14.9 Å². The van der Waals surface area contributed by atoms with Crippen molar-refractivity contribution in [3.8, 4) is 16.9 Å². The van der Waals surface area contributed by atoms with Crippen LogP contribution < -0.4 is 5.73 Å². The highest BCUT2D eigenvalue weighted by Crippen LogP contribution is 2.25. The van der Waals surface area contributed by atoms with Gasteiger partial charge in [0.2, 0.25) is 0 Å². The smallest absolute Gasteiger partial charge is 0.271 e. The second kappa shape index (κ2) is 5.68. The Kier molecular flexibility index (Phi) is 3.55. The lowest BCUT2D eigenvalue weighted by Crippen LogP contribution is -2.13. The van der Waals surface area contributed by atoms with Gasteiger partial charge in [-0.1, -0.05) is 35.5 Å². The highest BCUT2D eigenvalue weighted by atomic mass is 16.6. The Morgan fingerprint density at radius 2 is 1.74 bits per heavy atom. The van der Waals surface area contributed by atoms with E-state index in [0.717, 1.165) is 0 Å². The Balaban J connectivity index is 2.16. The first kappa shape index (κ1) is 14.4. The molecule has 0 aliphatic heterocycles. The summed E-state index contributed by atoms with van der Waals surface area (Å²) in [5.41, 5.74) is 7.05. The van der Waals surface area contributed by atoms with Crippen LogP contribution in [0.4, 0.5) is 5.69 Å². The largest absolute Gasteiger partial charge is 0.364 e. The van der Waals surface area contributed by atoms with E-state index in [1.54, 1.807) is 12.1 Å². The summed E-state index contributed by atoms with van der Waals surface area (Å²) >= 11 is 0. The minimum absolute atomic E-state index is 0.0366. The molecular weight excluding hydrogens is 298 g/mol. The number of carbonyl (C=O) groups excluding carboxylic acids is 1. The zero-order valence-corrected chi connectivity index (χ0v) is 11.8. The van der Waals surface area contributed by atoms with Crippen molar-refractivity contribution < 1.29 is 9.72 Å². The van der Waals surface area contributed by atoms with E-state index in [4.69, 9.17) is 5.73 Å². The number of primary amides is 1. The summed E-state index contributed by atoms with van der Waals surface area (Å²) in [5, 5.41) is 18.5. The Morgan fingerprint density at radius 3 is 2.30 bits per heavy atom. The van der Waals surface area contributed by atoms with Crippen molar-refractivity contribution in [3.63, 3.8) is 0 Å². The van der Waals surface area contributed by atoms with Crippen molar-refractivity contribution in [1.82, 2.24) is 15.0 Å². The minimum atomic E-state index is -0.697. The van der Waals surface area contributed by atoms with Gasteiger partial charge in [-0.15, -0.1) is 5.10 Å². The molecule has 23 heavy (non-hydrogen) atoms. The normalized spacial score (nSPS) is 10.4. The fourth-order valence-electron chi connectivity index (χ4n) is 2.20. The van der Waals surface area contributed by atoms with E-state index < -0.39 is 10.8 Å². The summed E-state index contributed by atoms with van der Waals surface area (Å²) in [7, 11) is 0. The average Bonchev–Trinajstić information content (AvgIpc) is 3.01. The molecule has 1 aromatic heterocycles. The van der Waals surface area contributed by atoms with Crippen molar-refractivity contribution in [1.29, 1.82) is 0 Å². The van der Waals surface area contributed by atoms with Gasteiger partial charge in [0.15, 0.2) is 5.69 Å². The first-order valence-electron chi connectivity index (χ1n) is 6.63. The molecule has 0 fully saturated rings. The monoisotopic (exact) mass is 309 g/mol. The zero-order chi connectivity index (χ0) is 16.4. The molecule has 0 saturated carbocycles. The van der Waals surface area contributed by atoms with E-state index >= 15 is 0 Å². The maximum atomic E-state index is 11.6. The van der Waals surface area contributed by atoms with E-state index in [-0.39, 0.29) is 11.4 Å². The number of hydrogen-bond donors (Lipinski definition) is 1. The first-order valence-corrected chi connectivity index (χ1v) is 6.63. The fourth-order valence-corrected chi connectivity index (χ4v) is 2.20. The Labute approximate surface area is 130 Å². The number of nitrogens with two attached hydrogens (primary N) is 1. The number of amides is 1. The van der Waals surface area contributed by atoms with Gasteiger partial charge in [-0.05, 0) is 12.1 Å². The van der Waals surface area contributed by atoms with Crippen molar-refractivity contribution in [2.24, 2.45) is 5.73 Å². The second-order valence-electron chi connectivity index (χ2n) is 4.70. The van der Waals surface area contributed by atoms with Crippen LogP contribution in [-0.4, -0.2) is 25.8 Å². The van der Waals surface area contributed by atoms with Crippen LogP contribution in [0.3, 0.4) is 0 Å². The highest BCUT2D eigenvalue weighted by molar-refractivity contribution is 5.97. The second-order valence-corrected chi connectivity index (χ2v) is 4.70. The van der Waals surface area contributed by atoms with Crippen molar-refractivity contribution >= 4 is 11.6 Å². The number of aromatic nitrogens is 3. The third kappa shape index (κ3) is 2.64. The van der Waals surface area contributed by atoms with Gasteiger partial charge in [0.1, 0.15) is 5.69 Å². The molecule has 1 heterocycles. The van der Waals surface area contributed by atoms with E-state index in [0.29, 0.717) is 16.9 Å². The maximum Gasteiger partial charge on any atom is 0.271 e. The standard InChI is InChI=1S/C15H11N5O3/c16-15(21)13-14(10-4-2-1-3-5-10)19(18-17-13)11-6-8-12(9-7-11)20(22)23/h1-9H,(H2,16,21). The predicted molar refractivity (Wildman–Crippen MR) is 82.0 cm³/mol. The van der Waals surface area contributed by atoms with Crippen LogP contribution in [0.2, 0.25) is 0 Å². The topological polar surface area (TPSA) is 117 Å². The number of non-ortho nitro benzene ring substituents is 1. The summed E-state index contributed by atoms with van der Waals surface area (Å²) in [6, 6.07) is 14.8. The van der Waals surface area contributed by atoms with Crippen LogP contribution in [0.5, 0.6) is 0 Å². The number of nitro benzene ring substituents is 1. The summed E-state index contributed by atoms with van der Waals surface area (Å²) in [5.74, 6) is -0.697. The van der Waals surface area contributed by atoms with Gasteiger partial charge >= 0.3 is 0 Å². The molecule has 0 spiro atoms. The molecule has 0 aliphatic rings. The lowest BCUT2D eigenvalue weighted by molar-refractivity contribution is -0.384. The van der Waals surface area contributed by atoms with Crippen LogP contribution in [0, 0.1) is 10.1 Å². The number of benzene rings is 2. The lowest BCUT2D eigenvalue weighted by atomic mass is 10.1. The van der Waals surface area contributed by atoms with Crippen LogP contribution in [0.1, 0.15) is 10.5 Å². The Bertz CT molecular complexity index is 872. The third-order valence-corrected chi connectivity index (χ3v) is 3.26. The van der Waals surface area contributed by atoms with Crippen molar-refractivity contribution in [2.45, 2.75) is 0 Å². The average molecular weight is 309 g/mol. The fraction of sp³-hybridized carbons (Fsp3) is 0. The molecule has 0 radical (unpaired) electrons. The van der Waals surface area contributed by atoms with Gasteiger partial charge in [0.05, 0.1) is 10.6 Å². The number of hydrogen-bond acceptors (Lipinski definition) is 5. The Morgan fingerprint density at radius 1 is 1.09 bits per heavy atom. The van der Waals surface area contributed by atoms with Gasteiger partial charge in [-0.2, -0.15) is 0 Å². The summed E-state index contributed by atoms with van der Waals surface area (Å²) in [4.78, 5) is 21.9. The number of rotatable bonds is 4. The number of nitro groups is 1. The quantitative estimate of drug-likeness (QED) is 0.583. The molecule has 8 heteroatoms. The van der Waals surface area contributed by atoms with E-state index in [9.17, 15) is 14.9 Å². The van der Waals surface area contributed by atoms with E-state index in [1.807, 2.05) is 18.2 Å². The molecule has 0 unspecified atom stereocenters. The van der Waals surface area contributed by atoms with Crippen LogP contribution in [0.25, 0.3) is 16.9 Å². The number of carbonyl (C=O) groups is 1. The summed E-state index contributed by atoms with van der Waals surface area (Å²) < 4.78 is 1.43. The summed E-state index contributed by atoms with van der Waals surface area (Å²) in [6.07, 6.45) is 0. The maximum absolute atomic E-state index is 11.6. The molecular formula is C15H11N5O3. The van der Waals surface area contributed by atoms with Gasteiger partial charge in [0.25, 0.3) is 11.6 Å². The minimum Gasteiger partial charge on any atom is -0.364 e. The first-order chi connectivity index (χ1) is 11.1. The molecule has 0 bridgehead atoms. The highest BCUT2D eigenvalue weighted by Gasteiger charge is 2.20. The van der Waals surface area contributed by atoms with Crippen molar-refractivity contribution in [2.75, 3.05) is 0 Å². The SMILES string of the molecule is NC(=O)c1nnn(-c2ccc([N+](=O)[O-])cc2)c1-c1ccccc1. The van der Waals surface area contributed by atoms with Crippen LogP contribution >= 0.6 is 0 Å². The molecule has 2 aromatic carbocycles. The predicted octanol–water partition coefficient (Wildman–Crippen LogP) is 1.94. The van der Waals surface area contributed by atoms with Crippen LogP contribution in [-0.2, 0) is 0 Å². The number of nitrogens with zero attached hydrogens (tertiary/aromatic N) is 4. The van der Waals surface area contributed by atoms with E-state index in [2.05, 4.69) is 10.3 Å². The molecule has 2 N–H and O–H groups in total. The molecule has 3 rings (SSSR count).